The molecule has 1 aromatic carbocycles. The SMILES string of the molecule is COc1ccc(C)cc1-c1nn(C2CCCC2)cc1C=O. The topological polar surface area (TPSA) is 44.1 Å². The Hall–Kier alpha value is -2.10. The first-order chi connectivity index (χ1) is 10.2. The summed E-state index contributed by atoms with van der Waals surface area (Å²) in [4.78, 5) is 11.4. The van der Waals surface area contributed by atoms with Crippen LogP contribution in [0.1, 0.15) is 47.6 Å². The molecule has 0 atom stereocenters. The second-order valence-corrected chi connectivity index (χ2v) is 5.67. The Bertz CT molecular complexity index is 655. The first-order valence-corrected chi connectivity index (χ1v) is 7.42. The Morgan fingerprint density at radius 1 is 1.33 bits per heavy atom. The van der Waals surface area contributed by atoms with Crippen molar-refractivity contribution in [3.05, 3.63) is 35.5 Å². The Morgan fingerprint density at radius 2 is 2.10 bits per heavy atom. The fourth-order valence-corrected chi connectivity index (χ4v) is 3.06. The van der Waals surface area contributed by atoms with Crippen LogP contribution in [-0.2, 0) is 0 Å². The number of aromatic nitrogens is 2. The number of hydrogen-bond donors (Lipinski definition) is 0. The smallest absolute Gasteiger partial charge is 0.153 e. The summed E-state index contributed by atoms with van der Waals surface area (Å²) in [6.07, 6.45) is 7.53. The zero-order valence-electron chi connectivity index (χ0n) is 12.5. The van der Waals surface area contributed by atoms with E-state index >= 15 is 0 Å². The quantitative estimate of drug-likeness (QED) is 0.802. The van der Waals surface area contributed by atoms with Gasteiger partial charge in [0, 0.05) is 11.8 Å². The van der Waals surface area contributed by atoms with Gasteiger partial charge in [0.1, 0.15) is 11.4 Å². The number of aryl methyl sites for hydroxylation is 1. The average molecular weight is 284 g/mol. The minimum atomic E-state index is 0.424. The summed E-state index contributed by atoms with van der Waals surface area (Å²) in [6, 6.07) is 6.37. The van der Waals surface area contributed by atoms with Gasteiger partial charge in [-0.1, -0.05) is 24.5 Å². The van der Waals surface area contributed by atoms with Crippen LogP contribution in [0.5, 0.6) is 5.75 Å². The first-order valence-electron chi connectivity index (χ1n) is 7.42. The van der Waals surface area contributed by atoms with Gasteiger partial charge in [0.05, 0.1) is 18.7 Å². The lowest BCUT2D eigenvalue weighted by Crippen LogP contribution is -2.05. The molecule has 1 fully saturated rings. The Balaban J connectivity index is 2.08. The number of benzene rings is 1. The Kier molecular flexibility index (Phi) is 3.78. The van der Waals surface area contributed by atoms with Crippen LogP contribution in [0.25, 0.3) is 11.3 Å². The average Bonchev–Trinajstić information content (AvgIpc) is 3.16. The van der Waals surface area contributed by atoms with E-state index in [0.29, 0.717) is 11.6 Å². The maximum Gasteiger partial charge on any atom is 0.153 e. The molecule has 1 heterocycles. The molecular weight excluding hydrogens is 264 g/mol. The van der Waals surface area contributed by atoms with Gasteiger partial charge >= 0.3 is 0 Å². The lowest BCUT2D eigenvalue weighted by molar-refractivity contribution is 0.112. The summed E-state index contributed by atoms with van der Waals surface area (Å²) in [5.41, 5.74) is 3.36. The third-order valence-corrected chi connectivity index (χ3v) is 4.20. The van der Waals surface area contributed by atoms with Crippen molar-refractivity contribution in [2.75, 3.05) is 7.11 Å². The van der Waals surface area contributed by atoms with Crippen molar-refractivity contribution in [3.63, 3.8) is 0 Å². The van der Waals surface area contributed by atoms with Crippen LogP contribution in [-0.4, -0.2) is 23.2 Å². The van der Waals surface area contributed by atoms with Gasteiger partial charge in [-0.05, 0) is 31.9 Å². The van der Waals surface area contributed by atoms with Crippen LogP contribution in [0.15, 0.2) is 24.4 Å². The standard InChI is InChI=1S/C17H20N2O2/c1-12-7-8-16(21-2)15(9-12)17-13(11-20)10-19(18-17)14-5-3-4-6-14/h7-11,14H,3-6H2,1-2H3. The predicted molar refractivity (Wildman–Crippen MR) is 81.8 cm³/mol. The van der Waals surface area contributed by atoms with E-state index in [-0.39, 0.29) is 0 Å². The van der Waals surface area contributed by atoms with Gasteiger partial charge in [-0.3, -0.25) is 9.48 Å². The summed E-state index contributed by atoms with van der Waals surface area (Å²) < 4.78 is 7.39. The van der Waals surface area contributed by atoms with Crippen molar-refractivity contribution in [1.29, 1.82) is 0 Å². The van der Waals surface area contributed by atoms with Crippen molar-refractivity contribution >= 4 is 6.29 Å². The van der Waals surface area contributed by atoms with Gasteiger partial charge in [-0.2, -0.15) is 5.10 Å². The maximum absolute atomic E-state index is 11.4. The van der Waals surface area contributed by atoms with Crippen molar-refractivity contribution in [2.45, 2.75) is 38.6 Å². The number of rotatable bonds is 4. The van der Waals surface area contributed by atoms with Crippen LogP contribution >= 0.6 is 0 Å². The molecule has 0 unspecified atom stereocenters. The first kappa shape index (κ1) is 13.9. The number of aldehydes is 1. The van der Waals surface area contributed by atoms with Gasteiger partial charge in [0.15, 0.2) is 6.29 Å². The number of ether oxygens (including phenoxy) is 1. The fourth-order valence-electron chi connectivity index (χ4n) is 3.06. The molecule has 0 saturated heterocycles. The van der Waals surface area contributed by atoms with Crippen LogP contribution in [0.4, 0.5) is 0 Å². The molecule has 0 spiro atoms. The molecule has 4 heteroatoms. The minimum Gasteiger partial charge on any atom is -0.496 e. The zero-order valence-corrected chi connectivity index (χ0v) is 12.5. The summed E-state index contributed by atoms with van der Waals surface area (Å²) in [7, 11) is 1.64. The Labute approximate surface area is 124 Å². The van der Waals surface area contributed by atoms with Crippen molar-refractivity contribution in [1.82, 2.24) is 9.78 Å². The van der Waals surface area contributed by atoms with E-state index in [2.05, 4.69) is 5.10 Å². The van der Waals surface area contributed by atoms with E-state index in [1.807, 2.05) is 36.0 Å². The van der Waals surface area contributed by atoms with Crippen molar-refractivity contribution < 1.29 is 9.53 Å². The highest BCUT2D eigenvalue weighted by Crippen LogP contribution is 2.34. The number of methoxy groups -OCH3 is 1. The molecule has 0 aliphatic heterocycles. The zero-order chi connectivity index (χ0) is 14.8. The molecule has 21 heavy (non-hydrogen) atoms. The molecule has 2 aromatic rings. The third kappa shape index (κ3) is 2.58. The van der Waals surface area contributed by atoms with Gasteiger partial charge in [0.2, 0.25) is 0 Å². The van der Waals surface area contributed by atoms with Gasteiger partial charge in [0.25, 0.3) is 0 Å². The van der Waals surface area contributed by atoms with Gasteiger partial charge < -0.3 is 4.74 Å². The third-order valence-electron chi connectivity index (χ3n) is 4.20. The number of hydrogen-bond acceptors (Lipinski definition) is 3. The molecule has 1 saturated carbocycles. The summed E-state index contributed by atoms with van der Waals surface area (Å²) in [5, 5.41) is 4.69. The largest absolute Gasteiger partial charge is 0.496 e. The van der Waals surface area contributed by atoms with E-state index in [4.69, 9.17) is 4.74 Å². The number of carbonyl (C=O) groups is 1. The Morgan fingerprint density at radius 3 is 2.76 bits per heavy atom. The lowest BCUT2D eigenvalue weighted by atomic mass is 10.1. The van der Waals surface area contributed by atoms with Crippen LogP contribution < -0.4 is 4.74 Å². The molecule has 4 nitrogen and oxygen atoms in total. The molecule has 1 aromatic heterocycles. The number of nitrogens with zero attached hydrogens (tertiary/aromatic N) is 2. The molecule has 1 aliphatic carbocycles. The molecule has 0 bridgehead atoms. The second kappa shape index (κ2) is 5.72. The summed E-state index contributed by atoms with van der Waals surface area (Å²) in [5.74, 6) is 0.750. The molecule has 1 aliphatic rings. The van der Waals surface area contributed by atoms with E-state index in [0.717, 1.165) is 41.7 Å². The monoisotopic (exact) mass is 284 g/mol. The van der Waals surface area contributed by atoms with E-state index in [1.54, 1.807) is 7.11 Å². The van der Waals surface area contributed by atoms with E-state index in [9.17, 15) is 4.79 Å². The predicted octanol–water partition coefficient (Wildman–Crippen LogP) is 3.79. The molecule has 0 radical (unpaired) electrons. The van der Waals surface area contributed by atoms with Crippen molar-refractivity contribution in [3.8, 4) is 17.0 Å². The van der Waals surface area contributed by atoms with E-state index < -0.39 is 0 Å². The van der Waals surface area contributed by atoms with Crippen molar-refractivity contribution in [2.24, 2.45) is 0 Å². The van der Waals surface area contributed by atoms with Gasteiger partial charge in [-0.25, -0.2) is 0 Å². The molecule has 0 N–H and O–H groups in total. The molecule has 110 valence electrons. The highest BCUT2D eigenvalue weighted by Gasteiger charge is 2.21. The minimum absolute atomic E-state index is 0.424. The highest BCUT2D eigenvalue weighted by molar-refractivity contribution is 5.87. The van der Waals surface area contributed by atoms with Gasteiger partial charge in [-0.15, -0.1) is 0 Å². The normalized spacial score (nSPS) is 15.3. The van der Waals surface area contributed by atoms with E-state index in [1.165, 1.54) is 12.8 Å². The molecule has 0 amide bonds. The lowest BCUT2D eigenvalue weighted by Gasteiger charge is -2.10. The number of carbonyl (C=O) groups excluding carboxylic acids is 1. The molecule has 3 rings (SSSR count). The fraction of sp³-hybridized carbons (Fsp3) is 0.412. The summed E-state index contributed by atoms with van der Waals surface area (Å²) >= 11 is 0. The highest BCUT2D eigenvalue weighted by atomic mass is 16.5. The van der Waals surface area contributed by atoms with Crippen LogP contribution in [0.2, 0.25) is 0 Å². The summed E-state index contributed by atoms with van der Waals surface area (Å²) in [6.45, 7) is 2.03. The maximum atomic E-state index is 11.4. The second-order valence-electron chi connectivity index (χ2n) is 5.67. The molecular formula is C17H20N2O2. The van der Waals surface area contributed by atoms with Crippen LogP contribution in [0.3, 0.4) is 0 Å². The van der Waals surface area contributed by atoms with Crippen LogP contribution in [0, 0.1) is 6.92 Å².